The number of anilines is 3. The first kappa shape index (κ1) is 40.3. The van der Waals surface area contributed by atoms with Gasteiger partial charge in [-0.2, -0.15) is 4.58 Å². The van der Waals surface area contributed by atoms with Gasteiger partial charge in [0.25, 0.3) is 0 Å². The summed E-state index contributed by atoms with van der Waals surface area (Å²) in [7, 11) is 0. The van der Waals surface area contributed by atoms with Gasteiger partial charge in [0.2, 0.25) is 16.7 Å². The van der Waals surface area contributed by atoms with Crippen LogP contribution in [0.2, 0.25) is 0 Å². The van der Waals surface area contributed by atoms with Crippen LogP contribution in [0.15, 0.2) is 162 Å². The summed E-state index contributed by atoms with van der Waals surface area (Å²) in [6.45, 7) is 10.1. The maximum absolute atomic E-state index is 12.7. The van der Waals surface area contributed by atoms with Gasteiger partial charge in [-0.15, -0.1) is 0 Å². The molecule has 0 radical (unpaired) electrons. The van der Waals surface area contributed by atoms with Crippen molar-refractivity contribution in [3.8, 4) is 45.4 Å². The van der Waals surface area contributed by atoms with Crippen molar-refractivity contribution in [2.24, 2.45) is 0 Å². The lowest BCUT2D eigenvalue weighted by atomic mass is 9.90. The van der Waals surface area contributed by atoms with Gasteiger partial charge in [-0.1, -0.05) is 24.3 Å². The first-order valence-corrected chi connectivity index (χ1v) is 20.5. The molecule has 1 heterocycles. The number of ether oxygens (including phenoxy) is 4. The number of carbonyl (C=O) groups is 1. The SMILES string of the molecule is CCOc1ccc(N(c2ccc(OCC)cc2)c2ccc3c(-c4ccccc4C(=O)[O-])c4ccc(=[N+](c5ccc(OCC)cc5)c5ccc(OCC)cc5)cc-4oc3c2)cc1. The Labute approximate surface area is 355 Å². The van der Waals surface area contributed by atoms with Gasteiger partial charge in [0.05, 0.1) is 38.5 Å². The van der Waals surface area contributed by atoms with Crippen LogP contribution in [0.1, 0.15) is 38.1 Å². The number of carboxylic acids is 1. The van der Waals surface area contributed by atoms with E-state index < -0.39 is 5.97 Å². The van der Waals surface area contributed by atoms with Crippen molar-refractivity contribution < 1.29 is 33.3 Å². The highest BCUT2D eigenvalue weighted by Crippen LogP contribution is 2.44. The fourth-order valence-electron chi connectivity index (χ4n) is 7.64. The van der Waals surface area contributed by atoms with Crippen molar-refractivity contribution in [1.82, 2.24) is 4.58 Å². The topological polar surface area (TPSA) is 96.4 Å². The first-order valence-electron chi connectivity index (χ1n) is 20.5. The maximum atomic E-state index is 12.7. The lowest BCUT2D eigenvalue weighted by Crippen LogP contribution is -2.23. The van der Waals surface area contributed by atoms with Crippen molar-refractivity contribution in [2.75, 3.05) is 31.3 Å². The Morgan fingerprint density at radius 1 is 0.541 bits per heavy atom. The average molecular weight is 811 g/mol. The molecule has 0 spiro atoms. The molecule has 1 aliphatic carbocycles. The van der Waals surface area contributed by atoms with E-state index in [0.717, 1.165) is 73.3 Å². The summed E-state index contributed by atoms with van der Waals surface area (Å²) in [4.78, 5) is 14.8. The van der Waals surface area contributed by atoms with Gasteiger partial charge in [-0.3, -0.25) is 0 Å². The number of aromatic carboxylic acids is 1. The zero-order valence-corrected chi connectivity index (χ0v) is 34.6. The number of benzene rings is 7. The Hall–Kier alpha value is -7.52. The molecule has 0 fully saturated rings. The third-order valence-electron chi connectivity index (χ3n) is 10.2. The predicted octanol–water partition coefficient (Wildman–Crippen LogP) is 11.1. The van der Waals surface area contributed by atoms with E-state index in [1.54, 1.807) is 12.1 Å². The first-order chi connectivity index (χ1) is 29.9. The Morgan fingerprint density at radius 3 is 1.51 bits per heavy atom. The molecule has 6 aromatic rings. The highest BCUT2D eigenvalue weighted by molar-refractivity contribution is 6.07. The monoisotopic (exact) mass is 810 g/mol. The normalized spacial score (nSPS) is 11.0. The van der Waals surface area contributed by atoms with Gasteiger partial charge in [-0.05, 0) is 124 Å². The smallest absolute Gasteiger partial charge is 0.215 e. The van der Waals surface area contributed by atoms with Gasteiger partial charge in [0, 0.05) is 75.5 Å². The second-order valence-corrected chi connectivity index (χ2v) is 14.0. The summed E-state index contributed by atoms with van der Waals surface area (Å²) >= 11 is 0. The zero-order chi connectivity index (χ0) is 42.3. The third kappa shape index (κ3) is 8.49. The molecule has 0 atom stereocenters. The lowest BCUT2D eigenvalue weighted by Gasteiger charge is -2.26. The molecule has 0 aromatic heterocycles. The second-order valence-electron chi connectivity index (χ2n) is 14.0. The molecule has 9 nitrogen and oxygen atoms in total. The second kappa shape index (κ2) is 18.2. The van der Waals surface area contributed by atoms with E-state index in [1.807, 2.05) is 173 Å². The minimum absolute atomic E-state index is 0.0836. The summed E-state index contributed by atoms with van der Waals surface area (Å²) in [5.41, 5.74) is 7.06. The minimum Gasteiger partial charge on any atom is -0.545 e. The molecule has 2 aliphatic rings. The van der Waals surface area contributed by atoms with Crippen LogP contribution in [-0.2, 0) is 0 Å². The van der Waals surface area contributed by atoms with E-state index in [9.17, 15) is 9.90 Å². The molecular formula is C52H46N2O7. The number of rotatable bonds is 15. The molecule has 0 amide bonds. The number of hydrogen-bond donors (Lipinski definition) is 0. The molecule has 1 aliphatic heterocycles. The van der Waals surface area contributed by atoms with Gasteiger partial charge in [-0.25, -0.2) is 0 Å². The van der Waals surface area contributed by atoms with Gasteiger partial charge in [0.15, 0.2) is 0 Å². The Balaban J connectivity index is 1.39. The standard InChI is InChI=1S/C52H46N2O7/c1-5-57-41-23-13-35(14-24-41)53(36-15-25-42(26-16-36)58-6-2)39-21-31-47-49(33-39)61-50-34-40(22-32-48(50)51(47)45-11-9-10-12-46(45)52(55)56)54(37-17-27-43(28-18-37)59-7-3)38-19-29-44(30-20-38)60-8-4/h9-34H,5-8H2,1-4H3. The Morgan fingerprint density at radius 2 is 1.02 bits per heavy atom. The largest absolute Gasteiger partial charge is 0.545 e. The zero-order valence-electron chi connectivity index (χ0n) is 34.6. The summed E-state index contributed by atoms with van der Waals surface area (Å²) in [5, 5.41) is 14.2. The molecule has 0 saturated carbocycles. The molecule has 0 saturated heterocycles. The highest BCUT2D eigenvalue weighted by atomic mass is 16.5. The summed E-state index contributed by atoms with van der Waals surface area (Å²) in [5.74, 6) is 2.38. The number of fused-ring (bicyclic) bond motifs is 2. The summed E-state index contributed by atoms with van der Waals surface area (Å²) in [6.07, 6.45) is 0. The minimum atomic E-state index is -1.26. The number of nitrogens with zero attached hydrogens (tertiary/aromatic N) is 2. The van der Waals surface area contributed by atoms with E-state index in [2.05, 4.69) is 9.48 Å². The molecule has 0 bridgehead atoms. The van der Waals surface area contributed by atoms with Gasteiger partial charge < -0.3 is 38.2 Å². The van der Waals surface area contributed by atoms with Crippen molar-refractivity contribution in [3.63, 3.8) is 0 Å². The summed E-state index contributed by atoms with van der Waals surface area (Å²) < 4.78 is 32.2. The Kier molecular flexibility index (Phi) is 12.0. The number of carbonyl (C=O) groups excluding carboxylic acids is 1. The van der Waals surface area contributed by atoms with Crippen LogP contribution in [0, 0.1) is 0 Å². The molecular weight excluding hydrogens is 765 g/mol. The molecule has 306 valence electrons. The van der Waals surface area contributed by atoms with Crippen molar-refractivity contribution in [3.05, 3.63) is 169 Å². The molecule has 61 heavy (non-hydrogen) atoms. The fraction of sp³-hybridized carbons (Fsp3) is 0.154. The molecule has 0 unspecified atom stereocenters. The molecule has 6 aromatic carbocycles. The summed E-state index contributed by atoms with van der Waals surface area (Å²) in [6, 6.07) is 50.8. The van der Waals surface area contributed by atoms with Crippen LogP contribution in [0.5, 0.6) is 23.0 Å². The average Bonchev–Trinajstić information content (AvgIpc) is 3.28. The lowest BCUT2D eigenvalue weighted by molar-refractivity contribution is -0.254. The van der Waals surface area contributed by atoms with Crippen LogP contribution >= 0.6 is 0 Å². The van der Waals surface area contributed by atoms with Crippen LogP contribution in [0.25, 0.3) is 33.4 Å². The van der Waals surface area contributed by atoms with Crippen molar-refractivity contribution >= 4 is 45.4 Å². The van der Waals surface area contributed by atoms with Crippen LogP contribution in [0.3, 0.4) is 0 Å². The van der Waals surface area contributed by atoms with Gasteiger partial charge >= 0.3 is 0 Å². The Bertz CT molecular complexity index is 2710. The molecule has 9 heteroatoms. The van der Waals surface area contributed by atoms with E-state index in [-0.39, 0.29) is 5.56 Å². The fourth-order valence-corrected chi connectivity index (χ4v) is 7.64. The van der Waals surface area contributed by atoms with Gasteiger partial charge in [0.1, 0.15) is 34.3 Å². The number of carboxylic acid groups (broad SMARTS) is 1. The van der Waals surface area contributed by atoms with Crippen LogP contribution < -0.4 is 38.9 Å². The van der Waals surface area contributed by atoms with E-state index in [4.69, 9.17) is 23.4 Å². The third-order valence-corrected chi connectivity index (χ3v) is 10.2. The molecule has 8 rings (SSSR count). The van der Waals surface area contributed by atoms with Crippen molar-refractivity contribution in [1.29, 1.82) is 0 Å². The maximum Gasteiger partial charge on any atom is 0.215 e. The quantitative estimate of drug-likeness (QED) is 0.0746. The highest BCUT2D eigenvalue weighted by Gasteiger charge is 2.24. The van der Waals surface area contributed by atoms with E-state index in [1.165, 1.54) is 0 Å². The number of hydrogen-bond acceptors (Lipinski definition) is 8. The van der Waals surface area contributed by atoms with Crippen LogP contribution in [-0.4, -0.2) is 32.4 Å². The van der Waals surface area contributed by atoms with E-state index in [0.29, 0.717) is 43.3 Å². The predicted molar refractivity (Wildman–Crippen MR) is 239 cm³/mol. The molecule has 0 N–H and O–H groups in total. The van der Waals surface area contributed by atoms with Crippen molar-refractivity contribution in [2.45, 2.75) is 27.7 Å². The van der Waals surface area contributed by atoms with Crippen LogP contribution in [0.4, 0.5) is 28.4 Å². The van der Waals surface area contributed by atoms with E-state index >= 15 is 0 Å².